The first kappa shape index (κ1) is 19.2. The molecular weight excluding hydrogens is 348 g/mol. The van der Waals surface area contributed by atoms with E-state index in [4.69, 9.17) is 10.5 Å². The van der Waals surface area contributed by atoms with Crippen LogP contribution in [0.1, 0.15) is 38.2 Å². The van der Waals surface area contributed by atoms with Crippen LogP contribution in [0.2, 0.25) is 0 Å². The largest absolute Gasteiger partial charge is 0.449 e. The summed E-state index contributed by atoms with van der Waals surface area (Å²) in [5.41, 5.74) is 5.82. The average molecular weight is 369 g/mol. The molecule has 2 aromatic rings. The Morgan fingerprint density at radius 3 is 2.48 bits per heavy atom. The summed E-state index contributed by atoms with van der Waals surface area (Å²) in [6.45, 7) is 6.72. The molecule has 1 heterocycles. The minimum absolute atomic E-state index is 0.128. The van der Waals surface area contributed by atoms with Gasteiger partial charge in [-0.1, -0.05) is 25.6 Å². The second-order valence-electron chi connectivity index (χ2n) is 5.74. The molecule has 0 spiro atoms. The minimum Gasteiger partial charge on any atom is -0.449 e. The number of amides is 1. The second kappa shape index (κ2) is 8.33. The smallest absolute Gasteiger partial charge is 0.404 e. The van der Waals surface area contributed by atoms with Crippen LogP contribution in [0, 0.1) is 11.6 Å². The van der Waals surface area contributed by atoms with E-state index in [0.29, 0.717) is 17.9 Å². The molecule has 0 unspecified atom stereocenters. The van der Waals surface area contributed by atoms with Gasteiger partial charge in [-0.15, -0.1) is 0 Å². The van der Waals surface area contributed by atoms with Gasteiger partial charge in [0.25, 0.3) is 0 Å². The molecule has 0 aliphatic heterocycles. The molecule has 0 bridgehead atoms. The summed E-state index contributed by atoms with van der Waals surface area (Å²) >= 11 is 1.27. The molecule has 5 nitrogen and oxygen atoms in total. The summed E-state index contributed by atoms with van der Waals surface area (Å²) in [5, 5.41) is 0.830. The van der Waals surface area contributed by atoms with Gasteiger partial charge >= 0.3 is 6.09 Å². The molecule has 8 heteroatoms. The van der Waals surface area contributed by atoms with Crippen molar-refractivity contribution in [2.24, 2.45) is 5.73 Å². The first-order chi connectivity index (χ1) is 11.8. The van der Waals surface area contributed by atoms with Crippen LogP contribution in [-0.4, -0.2) is 22.3 Å². The van der Waals surface area contributed by atoms with E-state index in [1.54, 1.807) is 0 Å². The molecular formula is C17H21F2N3O2S. The minimum atomic E-state index is -0.830. The zero-order valence-electron chi connectivity index (χ0n) is 14.4. The van der Waals surface area contributed by atoms with Crippen molar-refractivity contribution in [3.8, 4) is 0 Å². The number of halogens is 2. The van der Waals surface area contributed by atoms with Crippen LogP contribution in [0.25, 0.3) is 0 Å². The van der Waals surface area contributed by atoms with Crippen LogP contribution in [0.4, 0.5) is 13.6 Å². The highest BCUT2D eigenvalue weighted by Crippen LogP contribution is 2.35. The maximum atomic E-state index is 13.5. The van der Waals surface area contributed by atoms with Crippen molar-refractivity contribution in [1.29, 1.82) is 0 Å². The lowest BCUT2D eigenvalue weighted by molar-refractivity contribution is 0.157. The highest BCUT2D eigenvalue weighted by atomic mass is 32.2. The van der Waals surface area contributed by atoms with Crippen molar-refractivity contribution in [3.05, 3.63) is 41.4 Å². The number of benzene rings is 1. The lowest BCUT2D eigenvalue weighted by Crippen LogP contribution is -2.16. The lowest BCUT2D eigenvalue weighted by Gasteiger charge is -2.11. The summed E-state index contributed by atoms with van der Waals surface area (Å²) < 4.78 is 33.7. The number of carbonyl (C=O) groups excluding carboxylic acids is 1. The summed E-state index contributed by atoms with van der Waals surface area (Å²) in [5.74, 6) is -0.367. The van der Waals surface area contributed by atoms with Crippen molar-refractivity contribution in [2.75, 3.05) is 6.61 Å². The molecule has 1 amide bonds. The Labute approximate surface area is 149 Å². The number of imidazole rings is 1. The molecule has 1 aromatic carbocycles. The van der Waals surface area contributed by atoms with Crippen molar-refractivity contribution >= 4 is 17.9 Å². The normalized spacial score (nSPS) is 11.1. The molecule has 0 aliphatic rings. The predicted molar refractivity (Wildman–Crippen MR) is 91.7 cm³/mol. The Bertz CT molecular complexity index is 742. The Morgan fingerprint density at radius 1 is 1.32 bits per heavy atom. The quantitative estimate of drug-likeness (QED) is 0.798. The number of primary amides is 1. The van der Waals surface area contributed by atoms with Gasteiger partial charge in [0.05, 0.1) is 5.69 Å². The van der Waals surface area contributed by atoms with Gasteiger partial charge in [0.2, 0.25) is 0 Å². The summed E-state index contributed by atoms with van der Waals surface area (Å²) in [7, 11) is 0. The van der Waals surface area contributed by atoms with E-state index in [-0.39, 0.29) is 12.5 Å². The maximum Gasteiger partial charge on any atom is 0.404 e. The van der Waals surface area contributed by atoms with Crippen LogP contribution >= 0.6 is 11.8 Å². The molecule has 25 heavy (non-hydrogen) atoms. The third-order valence-electron chi connectivity index (χ3n) is 3.51. The molecule has 1 aromatic heterocycles. The van der Waals surface area contributed by atoms with E-state index in [1.807, 2.05) is 25.3 Å². The zero-order chi connectivity index (χ0) is 18.6. The predicted octanol–water partition coefficient (Wildman–Crippen LogP) is 4.09. The van der Waals surface area contributed by atoms with E-state index in [0.717, 1.165) is 22.6 Å². The zero-order valence-corrected chi connectivity index (χ0v) is 15.2. The van der Waals surface area contributed by atoms with Gasteiger partial charge < -0.3 is 15.0 Å². The highest BCUT2D eigenvalue weighted by molar-refractivity contribution is 7.99. The molecule has 0 radical (unpaired) electrons. The number of ether oxygens (including phenoxy) is 1. The van der Waals surface area contributed by atoms with Crippen LogP contribution in [0.3, 0.4) is 0 Å². The lowest BCUT2D eigenvalue weighted by atomic mass is 10.1. The fraction of sp³-hybridized carbons (Fsp3) is 0.412. The van der Waals surface area contributed by atoms with Gasteiger partial charge in [-0.25, -0.2) is 18.6 Å². The molecule has 136 valence electrons. The first-order valence-corrected chi connectivity index (χ1v) is 8.79. The molecule has 2 N–H and O–H groups in total. The van der Waals surface area contributed by atoms with Gasteiger partial charge in [-0.2, -0.15) is 0 Å². The van der Waals surface area contributed by atoms with Crippen molar-refractivity contribution < 1.29 is 18.3 Å². The number of hydrogen-bond donors (Lipinski definition) is 1. The number of carbonyl (C=O) groups is 1. The monoisotopic (exact) mass is 369 g/mol. The first-order valence-electron chi connectivity index (χ1n) is 7.97. The Kier molecular flexibility index (Phi) is 6.41. The maximum absolute atomic E-state index is 13.5. The van der Waals surface area contributed by atoms with Gasteiger partial charge in [0.1, 0.15) is 29.1 Å². The summed E-state index contributed by atoms with van der Waals surface area (Å²) in [4.78, 5) is 15.8. The number of nitrogens with two attached hydrogens (primary N) is 1. The van der Waals surface area contributed by atoms with E-state index in [9.17, 15) is 13.6 Å². The van der Waals surface area contributed by atoms with E-state index in [1.165, 1.54) is 23.9 Å². The third-order valence-corrected chi connectivity index (χ3v) is 4.60. The Hall–Kier alpha value is -2.09. The van der Waals surface area contributed by atoms with Crippen molar-refractivity contribution in [2.45, 2.75) is 49.6 Å². The van der Waals surface area contributed by atoms with Gasteiger partial charge in [0, 0.05) is 23.9 Å². The van der Waals surface area contributed by atoms with E-state index in [2.05, 4.69) is 4.98 Å². The number of aromatic nitrogens is 2. The van der Waals surface area contributed by atoms with Gasteiger partial charge in [0.15, 0.2) is 0 Å². The SMILES string of the molecule is CCn1c(CCOC(N)=O)nc(C(C)C)c1Sc1cc(F)cc(F)c1. The average Bonchev–Trinajstić information content (AvgIpc) is 2.83. The highest BCUT2D eigenvalue weighted by Gasteiger charge is 2.20. The van der Waals surface area contributed by atoms with Crippen LogP contribution in [0.5, 0.6) is 0 Å². The Morgan fingerprint density at radius 2 is 1.96 bits per heavy atom. The number of hydrogen-bond acceptors (Lipinski definition) is 4. The molecule has 0 atom stereocenters. The van der Waals surface area contributed by atoms with Crippen LogP contribution < -0.4 is 5.73 Å². The molecule has 0 aliphatic carbocycles. The summed E-state index contributed by atoms with van der Waals surface area (Å²) in [6, 6.07) is 3.43. The molecule has 2 rings (SSSR count). The van der Waals surface area contributed by atoms with E-state index < -0.39 is 17.7 Å². The molecule has 0 saturated carbocycles. The standard InChI is InChI=1S/C17H21F2N3O2S/c1-4-22-14(5-6-24-17(20)23)21-15(10(2)3)16(22)25-13-8-11(18)7-12(19)9-13/h7-10H,4-6H2,1-3H3,(H2,20,23). The van der Waals surface area contributed by atoms with E-state index >= 15 is 0 Å². The fourth-order valence-corrected chi connectivity index (χ4v) is 3.74. The Balaban J connectivity index is 2.36. The van der Waals surface area contributed by atoms with Crippen LogP contribution in [-0.2, 0) is 17.7 Å². The molecule has 0 fully saturated rings. The molecule has 0 saturated heterocycles. The van der Waals surface area contributed by atoms with Gasteiger partial charge in [-0.3, -0.25) is 0 Å². The van der Waals surface area contributed by atoms with Crippen molar-refractivity contribution in [3.63, 3.8) is 0 Å². The second-order valence-corrected chi connectivity index (χ2v) is 6.80. The summed E-state index contributed by atoms with van der Waals surface area (Å²) in [6.07, 6.45) is -0.419. The fourth-order valence-electron chi connectivity index (χ4n) is 2.45. The number of rotatable bonds is 7. The topological polar surface area (TPSA) is 70.1 Å². The van der Waals surface area contributed by atoms with Crippen LogP contribution in [0.15, 0.2) is 28.1 Å². The van der Waals surface area contributed by atoms with Gasteiger partial charge in [-0.05, 0) is 25.0 Å². The van der Waals surface area contributed by atoms with Crippen molar-refractivity contribution in [1.82, 2.24) is 9.55 Å². The third kappa shape index (κ3) is 4.94. The number of nitrogens with zero attached hydrogens (tertiary/aromatic N) is 2.